The van der Waals surface area contributed by atoms with E-state index in [9.17, 15) is 35.8 Å². The molecule has 0 bridgehead atoms. The topological polar surface area (TPSA) is 47.3 Å². The van der Waals surface area contributed by atoms with Gasteiger partial charge < -0.3 is 9.84 Å². The van der Waals surface area contributed by atoms with Crippen molar-refractivity contribution < 1.29 is 40.6 Å². The fraction of sp³-hybridized carbons (Fsp3) is 0.769. The number of aliphatic hydroxyl groups excluding tert-OH is 1. The molecule has 2 aliphatic carbocycles. The number of methoxy groups -OCH3 is 1. The number of halogens is 7. The molecule has 0 radical (unpaired) electrons. The molecule has 138 valence electrons. The van der Waals surface area contributed by atoms with Gasteiger partial charge in [0.1, 0.15) is 6.10 Å². The van der Waals surface area contributed by atoms with Gasteiger partial charge in [-0.3, -0.25) is 4.68 Å². The Balaban J connectivity index is 0.000000368. The van der Waals surface area contributed by atoms with Gasteiger partial charge in [0.2, 0.25) is 0 Å². The quantitative estimate of drug-likeness (QED) is 0.814. The molecule has 0 amide bonds. The van der Waals surface area contributed by atoms with Gasteiger partial charge in [-0.2, -0.15) is 27.1 Å². The predicted octanol–water partition coefficient (Wildman–Crippen LogP) is 3.71. The fourth-order valence-corrected chi connectivity index (χ4v) is 2.62. The third kappa shape index (κ3) is 3.51. The second-order valence-electron chi connectivity index (χ2n) is 5.57. The lowest BCUT2D eigenvalue weighted by atomic mass is 9.93. The van der Waals surface area contributed by atoms with E-state index in [2.05, 4.69) is 9.84 Å². The molecule has 1 unspecified atom stereocenters. The molecular weight excluding hydrogens is 349 g/mol. The average Bonchev–Trinajstić information content (AvgIpc) is 2.85. The van der Waals surface area contributed by atoms with Crippen LogP contribution in [0.3, 0.4) is 0 Å². The molecule has 1 N–H and O–H groups in total. The zero-order valence-corrected chi connectivity index (χ0v) is 12.5. The van der Waals surface area contributed by atoms with Crippen LogP contribution in [-0.2, 0) is 17.3 Å². The molecule has 1 heterocycles. The van der Waals surface area contributed by atoms with Gasteiger partial charge >= 0.3 is 12.8 Å². The van der Waals surface area contributed by atoms with E-state index in [1.54, 1.807) is 0 Å². The third-order valence-electron chi connectivity index (χ3n) is 3.99. The van der Waals surface area contributed by atoms with Gasteiger partial charge in [0, 0.05) is 12.7 Å². The predicted molar refractivity (Wildman–Crippen MR) is 66.7 cm³/mol. The van der Waals surface area contributed by atoms with Crippen LogP contribution in [0.4, 0.5) is 30.7 Å². The Morgan fingerprint density at radius 2 is 1.83 bits per heavy atom. The fourth-order valence-electron chi connectivity index (χ4n) is 2.62. The maximum absolute atomic E-state index is 13.4. The van der Waals surface area contributed by atoms with Gasteiger partial charge in [0.15, 0.2) is 5.69 Å². The van der Waals surface area contributed by atoms with Crippen molar-refractivity contribution >= 4 is 0 Å². The molecule has 0 saturated heterocycles. The number of ether oxygens (including phenoxy) is 1. The molecule has 0 aliphatic heterocycles. The molecule has 1 atom stereocenters. The van der Waals surface area contributed by atoms with E-state index in [0.29, 0.717) is 12.8 Å². The van der Waals surface area contributed by atoms with Crippen molar-refractivity contribution in [3.05, 3.63) is 17.0 Å². The SMILES string of the molecule is COC(F)F.OC1c2c(C(F)(F)F)nn(C3CCC3)c2CC1(F)F. The van der Waals surface area contributed by atoms with Crippen molar-refractivity contribution in [1.82, 2.24) is 9.78 Å². The largest absolute Gasteiger partial charge is 0.435 e. The third-order valence-corrected chi connectivity index (χ3v) is 3.99. The molecule has 2 aliphatic rings. The second-order valence-corrected chi connectivity index (χ2v) is 5.57. The van der Waals surface area contributed by atoms with E-state index in [4.69, 9.17) is 0 Å². The zero-order chi connectivity index (χ0) is 18.3. The van der Waals surface area contributed by atoms with Crippen molar-refractivity contribution in [2.24, 2.45) is 0 Å². The van der Waals surface area contributed by atoms with Gasteiger partial charge in [-0.25, -0.2) is 8.78 Å². The summed E-state index contributed by atoms with van der Waals surface area (Å²) in [7, 11) is 0.949. The smallest absolute Gasteiger partial charge is 0.382 e. The minimum atomic E-state index is -4.83. The second kappa shape index (κ2) is 6.51. The number of nitrogens with zero attached hydrogens (tertiary/aromatic N) is 2. The normalized spacial score (nSPS) is 22.8. The van der Waals surface area contributed by atoms with Gasteiger partial charge in [-0.05, 0) is 19.3 Å². The standard InChI is InChI=1S/C11H11F5N2O.C2H4F2O/c12-10(13)4-6-7(9(10)19)8(11(14,15)16)17-18(6)5-2-1-3-5;1-5-2(3)4/h5,9,19H,1-4H2;2H,1H3. The van der Waals surface area contributed by atoms with Crippen LogP contribution in [0.2, 0.25) is 0 Å². The van der Waals surface area contributed by atoms with Gasteiger partial charge in [0.25, 0.3) is 5.92 Å². The summed E-state index contributed by atoms with van der Waals surface area (Å²) >= 11 is 0. The number of aliphatic hydroxyl groups is 1. The molecule has 24 heavy (non-hydrogen) atoms. The molecule has 0 aromatic carbocycles. The Labute approximate surface area is 132 Å². The minimum Gasteiger partial charge on any atom is -0.382 e. The zero-order valence-electron chi connectivity index (χ0n) is 12.5. The molecule has 3 rings (SSSR count). The van der Waals surface area contributed by atoms with Crippen LogP contribution in [0, 0.1) is 0 Å². The van der Waals surface area contributed by atoms with Gasteiger partial charge in [0.05, 0.1) is 18.2 Å². The van der Waals surface area contributed by atoms with Gasteiger partial charge in [-0.15, -0.1) is 0 Å². The Kier molecular flexibility index (Phi) is 5.14. The van der Waals surface area contributed by atoms with E-state index >= 15 is 0 Å². The van der Waals surface area contributed by atoms with E-state index < -0.39 is 42.5 Å². The molecular formula is C13H15F7N2O2. The highest BCUT2D eigenvalue weighted by Crippen LogP contribution is 2.49. The molecule has 4 nitrogen and oxygen atoms in total. The minimum absolute atomic E-state index is 0.172. The maximum atomic E-state index is 13.4. The molecule has 1 aromatic heterocycles. The summed E-state index contributed by atoms with van der Waals surface area (Å²) in [4.78, 5) is 0. The van der Waals surface area contributed by atoms with Crippen LogP contribution in [0.1, 0.15) is 48.4 Å². The van der Waals surface area contributed by atoms with Crippen molar-refractivity contribution in [2.45, 2.75) is 56.5 Å². The first kappa shape index (κ1) is 19.0. The summed E-state index contributed by atoms with van der Waals surface area (Å²) in [5, 5.41) is 12.9. The number of alkyl halides is 7. The Morgan fingerprint density at radius 3 is 2.21 bits per heavy atom. The first-order chi connectivity index (χ1) is 11.0. The first-order valence-electron chi connectivity index (χ1n) is 7.04. The summed E-state index contributed by atoms with van der Waals surface area (Å²) in [6.45, 7) is -2.62. The van der Waals surface area contributed by atoms with Crippen LogP contribution in [0.25, 0.3) is 0 Å². The lowest BCUT2D eigenvalue weighted by Crippen LogP contribution is -2.26. The van der Waals surface area contributed by atoms with E-state index in [1.165, 1.54) is 0 Å². The van der Waals surface area contributed by atoms with Crippen LogP contribution in [-0.4, -0.2) is 34.5 Å². The van der Waals surface area contributed by atoms with E-state index in [-0.39, 0.29) is 11.7 Å². The maximum Gasteiger partial charge on any atom is 0.435 e. The number of fused-ring (bicyclic) bond motifs is 1. The molecule has 1 aromatic rings. The van der Waals surface area contributed by atoms with E-state index in [0.717, 1.165) is 18.2 Å². The summed E-state index contributed by atoms with van der Waals surface area (Å²) < 4.78 is 90.9. The van der Waals surface area contributed by atoms with Gasteiger partial charge in [-0.1, -0.05) is 0 Å². The number of rotatable bonds is 2. The van der Waals surface area contributed by atoms with Crippen LogP contribution >= 0.6 is 0 Å². The highest BCUT2D eigenvalue weighted by Gasteiger charge is 2.55. The lowest BCUT2D eigenvalue weighted by molar-refractivity contribution is -0.146. The first-order valence-corrected chi connectivity index (χ1v) is 7.04. The summed E-state index contributed by atoms with van der Waals surface area (Å²) in [5.41, 5.74) is -2.29. The summed E-state index contributed by atoms with van der Waals surface area (Å²) in [5.74, 6) is -3.56. The highest BCUT2D eigenvalue weighted by molar-refractivity contribution is 5.38. The lowest BCUT2D eigenvalue weighted by Gasteiger charge is -2.27. The van der Waals surface area contributed by atoms with Crippen molar-refractivity contribution in [3.8, 4) is 0 Å². The van der Waals surface area contributed by atoms with Crippen molar-refractivity contribution in [2.75, 3.05) is 7.11 Å². The monoisotopic (exact) mass is 364 g/mol. The van der Waals surface area contributed by atoms with Crippen LogP contribution < -0.4 is 0 Å². The Morgan fingerprint density at radius 1 is 1.29 bits per heavy atom. The van der Waals surface area contributed by atoms with Crippen molar-refractivity contribution in [3.63, 3.8) is 0 Å². The summed E-state index contributed by atoms with van der Waals surface area (Å²) in [6, 6.07) is -0.258. The average molecular weight is 364 g/mol. The molecule has 0 spiro atoms. The Bertz CT molecular complexity index is 582. The van der Waals surface area contributed by atoms with Crippen LogP contribution in [0.5, 0.6) is 0 Å². The Hall–Kier alpha value is -1.36. The molecule has 1 saturated carbocycles. The van der Waals surface area contributed by atoms with Crippen molar-refractivity contribution in [1.29, 1.82) is 0 Å². The van der Waals surface area contributed by atoms with E-state index in [1.807, 2.05) is 0 Å². The number of hydrogen-bond donors (Lipinski definition) is 1. The van der Waals surface area contributed by atoms with Crippen LogP contribution in [0.15, 0.2) is 0 Å². The molecule has 11 heteroatoms. The number of hydrogen-bond acceptors (Lipinski definition) is 3. The molecule has 1 fully saturated rings. The number of aromatic nitrogens is 2. The summed E-state index contributed by atoms with van der Waals surface area (Å²) in [6.07, 6.45) is -6.03. The highest BCUT2D eigenvalue weighted by atomic mass is 19.4.